The van der Waals surface area contributed by atoms with E-state index in [1.807, 2.05) is 25.8 Å². The fraction of sp³-hybridized carbons (Fsp3) is 0.286. The third kappa shape index (κ3) is 2.91. The van der Waals surface area contributed by atoms with E-state index in [0.29, 0.717) is 17.9 Å². The van der Waals surface area contributed by atoms with E-state index in [4.69, 9.17) is 5.73 Å². The number of nitrogens with zero attached hydrogens (tertiary/aromatic N) is 2. The zero-order valence-corrected chi connectivity index (χ0v) is 12.5. The van der Waals surface area contributed by atoms with Crippen molar-refractivity contribution in [2.24, 2.45) is 0 Å². The first kappa shape index (κ1) is 14.3. The average molecular weight is 291 g/mol. The standard InChI is InChI=1S/C14H17N3O2S/c1-8-9(2)20-13(16-8)7-17(3)12-5-4-10(15)6-11(12)14(18)19/h4-6H,7,15H2,1-3H3,(H,18,19). The number of benzene rings is 1. The second-order valence-electron chi connectivity index (χ2n) is 4.69. The predicted molar refractivity (Wildman–Crippen MR) is 81.5 cm³/mol. The Balaban J connectivity index is 2.29. The Hall–Kier alpha value is -2.08. The summed E-state index contributed by atoms with van der Waals surface area (Å²) < 4.78 is 0. The van der Waals surface area contributed by atoms with Crippen molar-refractivity contribution in [3.8, 4) is 0 Å². The van der Waals surface area contributed by atoms with E-state index in [0.717, 1.165) is 10.7 Å². The first-order valence-electron chi connectivity index (χ1n) is 6.15. The molecule has 3 N–H and O–H groups in total. The molecule has 2 aromatic rings. The van der Waals surface area contributed by atoms with Gasteiger partial charge in [0.1, 0.15) is 5.01 Å². The van der Waals surface area contributed by atoms with Crippen molar-refractivity contribution in [2.45, 2.75) is 20.4 Å². The predicted octanol–water partition coefficient (Wildman–Crippen LogP) is 2.68. The van der Waals surface area contributed by atoms with Crippen LogP contribution in [0.25, 0.3) is 0 Å². The van der Waals surface area contributed by atoms with Gasteiger partial charge in [-0.3, -0.25) is 0 Å². The highest BCUT2D eigenvalue weighted by Gasteiger charge is 2.15. The van der Waals surface area contributed by atoms with Crippen molar-refractivity contribution in [1.29, 1.82) is 0 Å². The number of rotatable bonds is 4. The summed E-state index contributed by atoms with van der Waals surface area (Å²) in [4.78, 5) is 18.8. The molecular weight excluding hydrogens is 274 g/mol. The molecule has 0 atom stereocenters. The topological polar surface area (TPSA) is 79.5 Å². The number of aryl methyl sites for hydroxylation is 2. The molecule has 0 aliphatic heterocycles. The summed E-state index contributed by atoms with van der Waals surface area (Å²) >= 11 is 1.63. The van der Waals surface area contributed by atoms with Gasteiger partial charge < -0.3 is 15.7 Å². The molecule has 106 valence electrons. The Kier molecular flexibility index (Phi) is 3.94. The van der Waals surface area contributed by atoms with Gasteiger partial charge in [-0.1, -0.05) is 0 Å². The molecule has 0 bridgehead atoms. The van der Waals surface area contributed by atoms with Crippen molar-refractivity contribution in [1.82, 2.24) is 4.98 Å². The highest BCUT2D eigenvalue weighted by atomic mass is 32.1. The maximum absolute atomic E-state index is 11.3. The zero-order valence-electron chi connectivity index (χ0n) is 11.7. The van der Waals surface area contributed by atoms with Crippen molar-refractivity contribution in [3.63, 3.8) is 0 Å². The minimum absolute atomic E-state index is 0.206. The number of aromatic nitrogens is 1. The van der Waals surface area contributed by atoms with Crippen molar-refractivity contribution < 1.29 is 9.90 Å². The lowest BCUT2D eigenvalue weighted by Crippen LogP contribution is -2.19. The van der Waals surface area contributed by atoms with E-state index in [-0.39, 0.29) is 5.56 Å². The minimum Gasteiger partial charge on any atom is -0.478 e. The third-order valence-corrected chi connectivity index (χ3v) is 4.17. The summed E-state index contributed by atoms with van der Waals surface area (Å²) in [5, 5.41) is 10.2. The monoisotopic (exact) mass is 291 g/mol. The number of thiazole rings is 1. The molecule has 1 heterocycles. The van der Waals surface area contributed by atoms with Gasteiger partial charge in [-0.15, -0.1) is 11.3 Å². The van der Waals surface area contributed by atoms with Crippen LogP contribution in [0, 0.1) is 13.8 Å². The Morgan fingerprint density at radius 2 is 2.15 bits per heavy atom. The number of hydrogen-bond donors (Lipinski definition) is 2. The van der Waals surface area contributed by atoms with Crippen LogP contribution in [-0.2, 0) is 6.54 Å². The number of aromatic carboxylic acids is 1. The van der Waals surface area contributed by atoms with E-state index >= 15 is 0 Å². The molecule has 0 unspecified atom stereocenters. The number of nitrogen functional groups attached to an aromatic ring is 1. The number of carbonyl (C=O) groups is 1. The highest BCUT2D eigenvalue weighted by molar-refractivity contribution is 7.11. The molecule has 0 saturated heterocycles. The van der Waals surface area contributed by atoms with Crippen molar-refractivity contribution in [3.05, 3.63) is 39.3 Å². The van der Waals surface area contributed by atoms with E-state index < -0.39 is 5.97 Å². The Morgan fingerprint density at radius 1 is 1.45 bits per heavy atom. The lowest BCUT2D eigenvalue weighted by atomic mass is 10.1. The van der Waals surface area contributed by atoms with Crippen LogP contribution in [0.2, 0.25) is 0 Å². The second-order valence-corrected chi connectivity index (χ2v) is 5.97. The van der Waals surface area contributed by atoms with Crippen LogP contribution in [0.4, 0.5) is 11.4 Å². The van der Waals surface area contributed by atoms with Gasteiger partial charge in [0.15, 0.2) is 0 Å². The third-order valence-electron chi connectivity index (χ3n) is 3.11. The quantitative estimate of drug-likeness (QED) is 0.847. The fourth-order valence-electron chi connectivity index (χ4n) is 1.95. The van der Waals surface area contributed by atoms with Gasteiger partial charge in [-0.2, -0.15) is 0 Å². The molecule has 5 nitrogen and oxygen atoms in total. The summed E-state index contributed by atoms with van der Waals surface area (Å²) in [5.41, 5.74) is 7.96. The summed E-state index contributed by atoms with van der Waals surface area (Å²) in [6.07, 6.45) is 0. The van der Waals surface area contributed by atoms with Gasteiger partial charge in [-0.25, -0.2) is 9.78 Å². The van der Waals surface area contributed by atoms with E-state index in [2.05, 4.69) is 4.98 Å². The first-order chi connectivity index (χ1) is 9.38. The molecule has 0 saturated carbocycles. The van der Waals surface area contributed by atoms with Crippen LogP contribution in [0.15, 0.2) is 18.2 Å². The van der Waals surface area contributed by atoms with E-state index in [1.165, 1.54) is 10.9 Å². The maximum Gasteiger partial charge on any atom is 0.337 e. The molecule has 0 aliphatic rings. The molecule has 0 spiro atoms. The molecule has 0 fully saturated rings. The Bertz CT molecular complexity index is 632. The minimum atomic E-state index is -0.981. The van der Waals surface area contributed by atoms with Gasteiger partial charge in [0, 0.05) is 17.6 Å². The van der Waals surface area contributed by atoms with Crippen molar-refractivity contribution >= 4 is 28.7 Å². The van der Waals surface area contributed by atoms with E-state index in [1.54, 1.807) is 23.5 Å². The van der Waals surface area contributed by atoms with Crippen LogP contribution in [0.5, 0.6) is 0 Å². The average Bonchev–Trinajstić information content (AvgIpc) is 2.67. The molecule has 0 amide bonds. The summed E-state index contributed by atoms with van der Waals surface area (Å²) in [6.45, 7) is 4.58. The maximum atomic E-state index is 11.3. The second kappa shape index (κ2) is 5.50. The van der Waals surface area contributed by atoms with Gasteiger partial charge in [0.2, 0.25) is 0 Å². The van der Waals surface area contributed by atoms with Crippen LogP contribution in [0.1, 0.15) is 25.9 Å². The summed E-state index contributed by atoms with van der Waals surface area (Å²) in [6, 6.07) is 4.91. The first-order valence-corrected chi connectivity index (χ1v) is 6.97. The molecule has 0 radical (unpaired) electrons. The lowest BCUT2D eigenvalue weighted by Gasteiger charge is -2.20. The number of carboxylic acids is 1. The molecule has 2 rings (SSSR count). The summed E-state index contributed by atoms with van der Waals surface area (Å²) in [5.74, 6) is -0.981. The van der Waals surface area contributed by atoms with Crippen LogP contribution in [-0.4, -0.2) is 23.1 Å². The lowest BCUT2D eigenvalue weighted by molar-refractivity contribution is 0.0697. The summed E-state index contributed by atoms with van der Waals surface area (Å²) in [7, 11) is 1.85. The van der Waals surface area contributed by atoms with Crippen LogP contribution < -0.4 is 10.6 Å². The number of nitrogens with two attached hydrogens (primary N) is 1. The number of carboxylic acid groups (broad SMARTS) is 1. The number of anilines is 2. The normalized spacial score (nSPS) is 10.6. The molecule has 0 aliphatic carbocycles. The smallest absolute Gasteiger partial charge is 0.337 e. The van der Waals surface area contributed by atoms with Gasteiger partial charge in [-0.05, 0) is 32.0 Å². The van der Waals surface area contributed by atoms with Gasteiger partial charge >= 0.3 is 5.97 Å². The molecular formula is C14H17N3O2S. The van der Waals surface area contributed by atoms with Gasteiger partial charge in [0.25, 0.3) is 0 Å². The largest absolute Gasteiger partial charge is 0.478 e. The zero-order chi connectivity index (χ0) is 14.9. The molecule has 1 aromatic heterocycles. The van der Waals surface area contributed by atoms with Crippen molar-refractivity contribution in [2.75, 3.05) is 17.7 Å². The Morgan fingerprint density at radius 3 is 2.70 bits per heavy atom. The molecule has 6 heteroatoms. The van der Waals surface area contributed by atoms with Crippen LogP contribution >= 0.6 is 11.3 Å². The highest BCUT2D eigenvalue weighted by Crippen LogP contribution is 2.25. The molecule has 20 heavy (non-hydrogen) atoms. The molecule has 1 aromatic carbocycles. The SMILES string of the molecule is Cc1nc(CN(C)c2ccc(N)cc2C(=O)O)sc1C. The fourth-order valence-corrected chi connectivity index (χ4v) is 2.94. The van der Waals surface area contributed by atoms with Crippen LogP contribution in [0.3, 0.4) is 0 Å². The Labute approximate surface area is 121 Å². The number of hydrogen-bond acceptors (Lipinski definition) is 5. The van der Waals surface area contributed by atoms with E-state index in [9.17, 15) is 9.90 Å². The van der Waals surface area contributed by atoms with Gasteiger partial charge in [0.05, 0.1) is 23.5 Å².